The second-order valence-corrected chi connectivity index (χ2v) is 7.86. The summed E-state index contributed by atoms with van der Waals surface area (Å²) in [5.41, 5.74) is 0.312. The Balaban J connectivity index is 1.85. The molecule has 0 saturated heterocycles. The number of nitrogens with one attached hydrogen (secondary N) is 3. The minimum absolute atomic E-state index is 0.0182. The molecule has 0 aromatic heterocycles. The van der Waals surface area contributed by atoms with E-state index in [9.17, 15) is 22.8 Å². The summed E-state index contributed by atoms with van der Waals surface area (Å²) in [6.07, 6.45) is -5.57. The van der Waals surface area contributed by atoms with Crippen LogP contribution in [0.3, 0.4) is 0 Å². The van der Waals surface area contributed by atoms with Crippen molar-refractivity contribution in [1.29, 1.82) is 5.41 Å². The van der Waals surface area contributed by atoms with Crippen molar-refractivity contribution in [2.45, 2.75) is 19.5 Å². The van der Waals surface area contributed by atoms with Gasteiger partial charge in [0.05, 0.1) is 16.4 Å². The molecule has 6 nitrogen and oxygen atoms in total. The van der Waals surface area contributed by atoms with Crippen LogP contribution in [0.15, 0.2) is 77.8 Å². The van der Waals surface area contributed by atoms with Gasteiger partial charge in [0.2, 0.25) is 5.91 Å². The Hall–Kier alpha value is -3.98. The van der Waals surface area contributed by atoms with Gasteiger partial charge in [-0.25, -0.2) is 0 Å². The smallest absolute Gasteiger partial charge is 0.326 e. The van der Waals surface area contributed by atoms with Crippen LogP contribution in [0, 0.1) is 5.41 Å². The maximum Gasteiger partial charge on any atom is 0.429 e. The molecule has 0 aliphatic rings. The number of hydrogen-bond donors (Lipinski definition) is 3. The van der Waals surface area contributed by atoms with Gasteiger partial charge in [-0.2, -0.15) is 13.2 Å². The molecule has 0 heterocycles. The molecule has 0 aliphatic heterocycles. The molecule has 0 bridgehead atoms. The molecule has 3 aromatic carbocycles. The summed E-state index contributed by atoms with van der Waals surface area (Å²) in [5.74, 6) is -0.707. The van der Waals surface area contributed by atoms with Gasteiger partial charge in [0.1, 0.15) is 5.71 Å². The number of carbonyl (C=O) groups excluding carboxylic acids is 2. The van der Waals surface area contributed by atoms with Crippen LogP contribution < -0.4 is 10.6 Å². The van der Waals surface area contributed by atoms with E-state index in [2.05, 4.69) is 15.6 Å². The van der Waals surface area contributed by atoms with E-state index in [-0.39, 0.29) is 27.9 Å². The fourth-order valence-electron chi connectivity index (χ4n) is 3.06. The van der Waals surface area contributed by atoms with Crippen LogP contribution in [0.1, 0.15) is 29.3 Å². The largest absolute Gasteiger partial charge is 0.429 e. The van der Waals surface area contributed by atoms with E-state index in [1.807, 2.05) is 0 Å². The molecule has 3 rings (SSSR count). The number of halogens is 4. The summed E-state index contributed by atoms with van der Waals surface area (Å²) >= 11 is 6.11. The minimum Gasteiger partial charge on any atom is -0.326 e. The second-order valence-electron chi connectivity index (χ2n) is 7.46. The number of hydrogen-bond acceptors (Lipinski definition) is 4. The summed E-state index contributed by atoms with van der Waals surface area (Å²) in [5, 5.41) is 13.0. The van der Waals surface area contributed by atoms with E-state index in [1.165, 1.54) is 31.2 Å². The Morgan fingerprint density at radius 1 is 0.914 bits per heavy atom. The fourth-order valence-corrected chi connectivity index (χ4v) is 3.23. The molecule has 2 amide bonds. The normalized spacial score (nSPS) is 11.6. The van der Waals surface area contributed by atoms with Crippen molar-refractivity contribution in [1.82, 2.24) is 0 Å². The monoisotopic (exact) mass is 500 g/mol. The van der Waals surface area contributed by atoms with Crippen molar-refractivity contribution in [3.05, 3.63) is 88.9 Å². The average molecular weight is 501 g/mol. The molecule has 0 fully saturated rings. The predicted molar refractivity (Wildman–Crippen MR) is 131 cm³/mol. The Labute approximate surface area is 204 Å². The predicted octanol–water partition coefficient (Wildman–Crippen LogP) is 6.64. The maximum absolute atomic E-state index is 13.0. The van der Waals surface area contributed by atoms with Crippen LogP contribution in [-0.2, 0) is 4.79 Å². The van der Waals surface area contributed by atoms with Crippen LogP contribution in [0.2, 0.25) is 5.02 Å². The van der Waals surface area contributed by atoms with E-state index in [0.29, 0.717) is 16.9 Å². The van der Waals surface area contributed by atoms with E-state index in [0.717, 1.165) is 0 Å². The molecule has 35 heavy (non-hydrogen) atoms. The number of nitrogens with zero attached hydrogens (tertiary/aromatic N) is 1. The number of rotatable bonds is 7. The van der Waals surface area contributed by atoms with Gasteiger partial charge in [-0.05, 0) is 48.0 Å². The Morgan fingerprint density at radius 2 is 1.51 bits per heavy atom. The second kappa shape index (κ2) is 11.0. The zero-order chi connectivity index (χ0) is 25.6. The highest BCUT2D eigenvalue weighted by molar-refractivity contribution is 6.33. The standard InChI is InChI=1S/C25H20ClF3N4O2/c1-15(34)31-18-5-4-6-19(13-18)32-24(35)17-11-9-16(10-12-17)22(14-23(30)25(27,28)29)33-21-8-3-2-7-20(21)26/h2-13,30H,14H2,1H3,(H,31,34)(H,32,35). The van der Waals surface area contributed by atoms with Crippen molar-refractivity contribution in [2.75, 3.05) is 10.6 Å². The van der Waals surface area contributed by atoms with Crippen LogP contribution in [0.25, 0.3) is 0 Å². The molecule has 0 atom stereocenters. The lowest BCUT2D eigenvalue weighted by Crippen LogP contribution is -2.25. The molecule has 10 heteroatoms. The summed E-state index contributed by atoms with van der Waals surface area (Å²) in [6.45, 7) is 1.37. The van der Waals surface area contributed by atoms with Crippen molar-refractivity contribution >= 4 is 51.9 Å². The highest BCUT2D eigenvalue weighted by Gasteiger charge is 2.35. The molecule has 0 saturated carbocycles. The van der Waals surface area contributed by atoms with Gasteiger partial charge < -0.3 is 16.0 Å². The van der Waals surface area contributed by atoms with Gasteiger partial charge >= 0.3 is 6.18 Å². The van der Waals surface area contributed by atoms with Crippen molar-refractivity contribution < 1.29 is 22.8 Å². The third-order valence-electron chi connectivity index (χ3n) is 4.72. The van der Waals surface area contributed by atoms with E-state index < -0.39 is 24.2 Å². The van der Waals surface area contributed by atoms with Gasteiger partial charge in [0, 0.05) is 30.3 Å². The lowest BCUT2D eigenvalue weighted by Gasteiger charge is -2.12. The fraction of sp³-hybridized carbons (Fsp3) is 0.120. The SMILES string of the molecule is CC(=O)Nc1cccc(NC(=O)c2ccc(C(CC(=N)C(F)(F)F)=Nc3ccccc3Cl)cc2)c1. The number of amides is 2. The summed E-state index contributed by atoms with van der Waals surface area (Å²) < 4.78 is 39.1. The van der Waals surface area contributed by atoms with E-state index >= 15 is 0 Å². The highest BCUT2D eigenvalue weighted by atomic mass is 35.5. The molecule has 0 spiro atoms. The Bertz CT molecular complexity index is 1290. The summed E-state index contributed by atoms with van der Waals surface area (Å²) in [7, 11) is 0. The first-order chi connectivity index (χ1) is 16.5. The molecule has 180 valence electrons. The number of anilines is 2. The Morgan fingerprint density at radius 3 is 2.11 bits per heavy atom. The quantitative estimate of drug-likeness (QED) is 0.317. The highest BCUT2D eigenvalue weighted by Crippen LogP contribution is 2.27. The maximum atomic E-state index is 13.0. The van der Waals surface area contributed by atoms with E-state index in [1.54, 1.807) is 48.5 Å². The number of benzene rings is 3. The van der Waals surface area contributed by atoms with Crippen LogP contribution in [0.5, 0.6) is 0 Å². The van der Waals surface area contributed by atoms with Gasteiger partial charge in [-0.15, -0.1) is 0 Å². The lowest BCUT2D eigenvalue weighted by molar-refractivity contribution is -0.114. The molecule has 3 N–H and O–H groups in total. The molecular weight excluding hydrogens is 481 g/mol. The topological polar surface area (TPSA) is 94.4 Å². The van der Waals surface area contributed by atoms with Crippen LogP contribution in [-0.4, -0.2) is 29.4 Å². The average Bonchev–Trinajstić information content (AvgIpc) is 2.79. The van der Waals surface area contributed by atoms with Crippen LogP contribution >= 0.6 is 11.6 Å². The molecule has 3 aromatic rings. The van der Waals surface area contributed by atoms with Crippen molar-refractivity contribution in [3.8, 4) is 0 Å². The number of alkyl halides is 3. The number of para-hydroxylation sites is 1. The van der Waals surface area contributed by atoms with Crippen LogP contribution in [0.4, 0.5) is 30.2 Å². The van der Waals surface area contributed by atoms with Gasteiger partial charge in [0.25, 0.3) is 5.91 Å². The van der Waals surface area contributed by atoms with Gasteiger partial charge in [0.15, 0.2) is 0 Å². The number of aliphatic imine (C=N–C) groups is 1. The molecule has 0 aliphatic carbocycles. The molecule has 0 unspecified atom stereocenters. The third-order valence-corrected chi connectivity index (χ3v) is 5.04. The summed E-state index contributed by atoms with van der Waals surface area (Å²) in [4.78, 5) is 28.1. The van der Waals surface area contributed by atoms with E-state index in [4.69, 9.17) is 17.0 Å². The zero-order valence-electron chi connectivity index (χ0n) is 18.4. The minimum atomic E-state index is -4.80. The van der Waals surface area contributed by atoms with Crippen molar-refractivity contribution in [2.24, 2.45) is 4.99 Å². The third kappa shape index (κ3) is 7.25. The summed E-state index contributed by atoms with van der Waals surface area (Å²) in [6, 6.07) is 18.8. The molecular formula is C25H20ClF3N4O2. The van der Waals surface area contributed by atoms with Gasteiger partial charge in [-0.3, -0.25) is 14.6 Å². The first-order valence-corrected chi connectivity index (χ1v) is 10.7. The van der Waals surface area contributed by atoms with Crippen molar-refractivity contribution in [3.63, 3.8) is 0 Å². The Kier molecular flexibility index (Phi) is 8.03. The van der Waals surface area contributed by atoms with Gasteiger partial charge in [-0.1, -0.05) is 41.9 Å². The first kappa shape index (κ1) is 25.6. The lowest BCUT2D eigenvalue weighted by atomic mass is 10.0. The number of carbonyl (C=O) groups is 2. The first-order valence-electron chi connectivity index (χ1n) is 10.3. The molecule has 0 radical (unpaired) electrons. The zero-order valence-corrected chi connectivity index (χ0v) is 19.2.